The second-order valence-corrected chi connectivity index (χ2v) is 8.43. The summed E-state index contributed by atoms with van der Waals surface area (Å²) in [7, 11) is 1.75. The highest BCUT2D eigenvalue weighted by Gasteiger charge is 2.42. The van der Waals surface area contributed by atoms with Crippen LogP contribution in [0.2, 0.25) is 5.02 Å². The maximum Gasteiger partial charge on any atom is 0.260 e. The van der Waals surface area contributed by atoms with Gasteiger partial charge in [-0.25, -0.2) is 0 Å². The number of anilines is 1. The molecule has 3 aliphatic rings. The largest absolute Gasteiger partial charge is 0.373 e. The number of pyridine rings is 1. The first kappa shape index (κ1) is 19.7. The van der Waals surface area contributed by atoms with Gasteiger partial charge in [-0.2, -0.15) is 0 Å². The summed E-state index contributed by atoms with van der Waals surface area (Å²) in [5.41, 5.74) is 5.20. The smallest absolute Gasteiger partial charge is 0.260 e. The van der Waals surface area contributed by atoms with Crippen molar-refractivity contribution in [2.24, 2.45) is 7.05 Å². The SMILES string of the molecule is CCNC(=O)C1CC2C3=C(N1)c1c(ccn(C)c1=O)C=CC3=CN2c1ccc(Cl)cc1. The Morgan fingerprint density at radius 2 is 2.00 bits per heavy atom. The highest BCUT2D eigenvalue weighted by molar-refractivity contribution is 6.30. The van der Waals surface area contributed by atoms with Crippen molar-refractivity contribution in [3.8, 4) is 0 Å². The number of nitrogens with zero attached hydrogens (tertiary/aromatic N) is 2. The monoisotopic (exact) mass is 434 g/mol. The number of carbonyl (C=O) groups excluding carboxylic acids is 1. The first-order valence-electron chi connectivity index (χ1n) is 10.4. The number of allylic oxidation sites excluding steroid dienone is 1. The lowest BCUT2D eigenvalue weighted by atomic mass is 9.88. The number of halogens is 1. The van der Waals surface area contributed by atoms with E-state index in [1.807, 2.05) is 43.3 Å². The van der Waals surface area contributed by atoms with Gasteiger partial charge < -0.3 is 20.1 Å². The molecule has 0 fully saturated rings. The molecule has 0 saturated carbocycles. The van der Waals surface area contributed by atoms with E-state index in [4.69, 9.17) is 11.6 Å². The summed E-state index contributed by atoms with van der Waals surface area (Å²) in [6.45, 7) is 2.46. The van der Waals surface area contributed by atoms with E-state index in [1.54, 1.807) is 17.8 Å². The number of benzene rings is 1. The number of carbonyl (C=O) groups is 1. The van der Waals surface area contributed by atoms with E-state index in [9.17, 15) is 9.59 Å². The lowest BCUT2D eigenvalue weighted by Crippen LogP contribution is -2.51. The second-order valence-electron chi connectivity index (χ2n) is 8.00. The molecule has 2 atom stereocenters. The van der Waals surface area contributed by atoms with Gasteiger partial charge in [-0.05, 0) is 48.4 Å². The summed E-state index contributed by atoms with van der Waals surface area (Å²) in [6.07, 6.45) is 8.49. The average molecular weight is 435 g/mol. The molecule has 158 valence electrons. The van der Waals surface area contributed by atoms with Crippen LogP contribution in [0.15, 0.2) is 64.7 Å². The maximum atomic E-state index is 13.2. The first-order chi connectivity index (χ1) is 15.0. The molecule has 5 rings (SSSR count). The van der Waals surface area contributed by atoms with E-state index in [-0.39, 0.29) is 17.5 Å². The molecule has 1 aliphatic carbocycles. The topological polar surface area (TPSA) is 66.4 Å². The predicted molar refractivity (Wildman–Crippen MR) is 124 cm³/mol. The number of nitrogens with one attached hydrogen (secondary N) is 2. The van der Waals surface area contributed by atoms with Gasteiger partial charge in [-0.15, -0.1) is 0 Å². The Hall–Kier alpha value is -3.25. The normalized spacial score (nSPS) is 21.1. The average Bonchev–Trinajstić information content (AvgIpc) is 3.05. The molecule has 1 aromatic heterocycles. The minimum absolute atomic E-state index is 0.0648. The van der Waals surface area contributed by atoms with Gasteiger partial charge in [-0.3, -0.25) is 9.59 Å². The van der Waals surface area contributed by atoms with Crippen molar-refractivity contribution in [2.45, 2.75) is 25.4 Å². The fraction of sp³-hybridized carbons (Fsp3) is 0.250. The molecule has 0 radical (unpaired) electrons. The van der Waals surface area contributed by atoms with Crippen molar-refractivity contribution < 1.29 is 4.79 Å². The molecule has 2 aliphatic heterocycles. The van der Waals surface area contributed by atoms with Crippen LogP contribution in [-0.2, 0) is 11.8 Å². The van der Waals surface area contributed by atoms with Crippen molar-refractivity contribution in [1.29, 1.82) is 0 Å². The Bertz CT molecular complexity index is 1220. The second kappa shape index (κ2) is 7.46. The van der Waals surface area contributed by atoms with Gasteiger partial charge >= 0.3 is 0 Å². The van der Waals surface area contributed by atoms with E-state index in [1.165, 1.54) is 0 Å². The number of amides is 1. The molecule has 3 heterocycles. The van der Waals surface area contributed by atoms with Crippen LogP contribution in [0.25, 0.3) is 11.8 Å². The Kier molecular flexibility index (Phi) is 4.74. The van der Waals surface area contributed by atoms with Crippen LogP contribution in [0.5, 0.6) is 0 Å². The molecule has 0 spiro atoms. The van der Waals surface area contributed by atoms with E-state index in [2.05, 4.69) is 27.8 Å². The van der Waals surface area contributed by atoms with Crippen LogP contribution in [0.1, 0.15) is 24.5 Å². The van der Waals surface area contributed by atoms with E-state index < -0.39 is 6.04 Å². The van der Waals surface area contributed by atoms with Crippen LogP contribution >= 0.6 is 11.6 Å². The third kappa shape index (κ3) is 3.18. The quantitative estimate of drug-likeness (QED) is 0.779. The lowest BCUT2D eigenvalue weighted by Gasteiger charge is -2.36. The predicted octanol–water partition coefficient (Wildman–Crippen LogP) is 3.05. The van der Waals surface area contributed by atoms with Crippen LogP contribution in [0.4, 0.5) is 5.69 Å². The van der Waals surface area contributed by atoms with Gasteiger partial charge in [0.05, 0.1) is 17.3 Å². The van der Waals surface area contributed by atoms with Gasteiger partial charge in [-0.1, -0.05) is 23.8 Å². The van der Waals surface area contributed by atoms with Crippen LogP contribution in [-0.4, -0.2) is 29.1 Å². The highest BCUT2D eigenvalue weighted by atomic mass is 35.5. The number of likely N-dealkylation sites (N-methyl/N-ethyl adjacent to an activating group) is 1. The highest BCUT2D eigenvalue weighted by Crippen LogP contribution is 2.43. The van der Waals surface area contributed by atoms with Gasteiger partial charge in [0, 0.05) is 48.7 Å². The zero-order valence-corrected chi connectivity index (χ0v) is 18.1. The molecule has 2 N–H and O–H groups in total. The van der Waals surface area contributed by atoms with E-state index in [0.717, 1.165) is 28.1 Å². The molecule has 1 aromatic carbocycles. The summed E-state index contributed by atoms with van der Waals surface area (Å²) in [6, 6.07) is 9.11. The molecular weight excluding hydrogens is 412 g/mol. The van der Waals surface area contributed by atoms with Crippen molar-refractivity contribution in [3.05, 3.63) is 86.5 Å². The number of aryl methyl sites for hydroxylation is 1. The van der Waals surface area contributed by atoms with Gasteiger partial charge in [0.1, 0.15) is 6.04 Å². The minimum atomic E-state index is -0.442. The lowest BCUT2D eigenvalue weighted by molar-refractivity contribution is -0.123. The van der Waals surface area contributed by atoms with E-state index in [0.29, 0.717) is 23.6 Å². The molecule has 2 unspecified atom stereocenters. The zero-order chi connectivity index (χ0) is 21.7. The molecular formula is C24H23ClN4O2. The van der Waals surface area contributed by atoms with Gasteiger partial charge in [0.2, 0.25) is 5.91 Å². The number of fused-ring (bicyclic) bond motifs is 2. The molecule has 1 amide bonds. The summed E-state index contributed by atoms with van der Waals surface area (Å²) in [5, 5.41) is 7.01. The third-order valence-corrected chi connectivity index (χ3v) is 6.34. The molecule has 0 bridgehead atoms. The zero-order valence-electron chi connectivity index (χ0n) is 17.4. The van der Waals surface area contributed by atoms with Crippen molar-refractivity contribution in [1.82, 2.24) is 15.2 Å². The number of aromatic nitrogens is 1. The fourth-order valence-corrected chi connectivity index (χ4v) is 4.73. The third-order valence-electron chi connectivity index (χ3n) is 6.09. The molecule has 31 heavy (non-hydrogen) atoms. The Labute approximate surface area is 185 Å². The Balaban J connectivity index is 1.70. The number of hydrogen-bond acceptors (Lipinski definition) is 4. The standard InChI is InChI=1S/C24H23ClN4O2/c1-3-26-23(30)18-12-19-20-15(13-29(19)17-8-6-16(25)7-9-17)5-4-14-10-11-28(2)24(31)21(14)22(20)27-18/h4-11,13,18-19,27H,3,12H2,1-2H3,(H,26,30). The summed E-state index contributed by atoms with van der Waals surface area (Å²) in [4.78, 5) is 28.2. The van der Waals surface area contributed by atoms with Crippen molar-refractivity contribution in [3.63, 3.8) is 0 Å². The number of hydrogen-bond donors (Lipinski definition) is 2. The summed E-state index contributed by atoms with van der Waals surface area (Å²) < 4.78 is 1.58. The van der Waals surface area contributed by atoms with Crippen LogP contribution < -0.4 is 21.1 Å². The Morgan fingerprint density at radius 3 is 2.74 bits per heavy atom. The van der Waals surface area contributed by atoms with Gasteiger partial charge in [0.25, 0.3) is 5.56 Å². The number of rotatable bonds is 3. The van der Waals surface area contributed by atoms with Gasteiger partial charge in [0.15, 0.2) is 0 Å². The minimum Gasteiger partial charge on any atom is -0.373 e. The fourth-order valence-electron chi connectivity index (χ4n) is 4.61. The van der Waals surface area contributed by atoms with Crippen LogP contribution in [0, 0.1) is 0 Å². The molecule has 0 saturated heterocycles. The van der Waals surface area contributed by atoms with Crippen LogP contribution in [0.3, 0.4) is 0 Å². The molecule has 6 nitrogen and oxygen atoms in total. The summed E-state index contributed by atoms with van der Waals surface area (Å²) in [5.74, 6) is -0.0648. The maximum absolute atomic E-state index is 13.2. The first-order valence-corrected chi connectivity index (χ1v) is 10.8. The van der Waals surface area contributed by atoms with Crippen molar-refractivity contribution in [2.75, 3.05) is 11.4 Å². The Morgan fingerprint density at radius 1 is 1.23 bits per heavy atom. The summed E-state index contributed by atoms with van der Waals surface area (Å²) >= 11 is 6.10. The molecule has 7 heteroatoms. The van der Waals surface area contributed by atoms with Crippen molar-refractivity contribution >= 4 is 35.0 Å². The van der Waals surface area contributed by atoms with E-state index >= 15 is 0 Å². The molecule has 2 aromatic rings.